The maximum atomic E-state index is 5.92. The number of nitrogens with zero attached hydrogens (tertiary/aromatic N) is 2. The Kier molecular flexibility index (Phi) is 4.53. The Morgan fingerprint density at radius 1 is 1.11 bits per heavy atom. The van der Waals surface area contributed by atoms with Crippen LogP contribution in [-0.4, -0.2) is 22.1 Å². The number of nitrogens with two attached hydrogens (primary N) is 1. The Labute approximate surface area is 109 Å². The SMILES string of the molecule is CCc1cc(CC)nc(NC2CCC(N)CC2)n1. The molecule has 1 aliphatic rings. The molecule has 1 aromatic heterocycles. The lowest BCUT2D eigenvalue weighted by Gasteiger charge is -2.27. The van der Waals surface area contributed by atoms with Crippen molar-refractivity contribution in [3.63, 3.8) is 0 Å². The van der Waals surface area contributed by atoms with E-state index in [9.17, 15) is 0 Å². The molecule has 0 amide bonds. The molecule has 1 aromatic rings. The van der Waals surface area contributed by atoms with Crippen LogP contribution in [0.3, 0.4) is 0 Å². The van der Waals surface area contributed by atoms with E-state index in [1.807, 2.05) is 0 Å². The van der Waals surface area contributed by atoms with Gasteiger partial charge in [-0.3, -0.25) is 0 Å². The molecule has 4 heteroatoms. The van der Waals surface area contributed by atoms with E-state index in [1.54, 1.807) is 0 Å². The number of rotatable bonds is 4. The van der Waals surface area contributed by atoms with Crippen molar-refractivity contribution in [3.05, 3.63) is 17.5 Å². The number of nitrogens with one attached hydrogen (secondary N) is 1. The van der Waals surface area contributed by atoms with Crippen LogP contribution in [-0.2, 0) is 12.8 Å². The van der Waals surface area contributed by atoms with Crippen molar-refractivity contribution in [1.29, 1.82) is 0 Å². The third kappa shape index (κ3) is 3.42. The lowest BCUT2D eigenvalue weighted by molar-refractivity contribution is 0.409. The van der Waals surface area contributed by atoms with Crippen molar-refractivity contribution in [2.24, 2.45) is 5.73 Å². The lowest BCUT2D eigenvalue weighted by atomic mass is 9.92. The summed E-state index contributed by atoms with van der Waals surface area (Å²) in [5.41, 5.74) is 8.17. The average Bonchev–Trinajstić information content (AvgIpc) is 2.41. The minimum absolute atomic E-state index is 0.386. The summed E-state index contributed by atoms with van der Waals surface area (Å²) in [5.74, 6) is 0.798. The van der Waals surface area contributed by atoms with Gasteiger partial charge in [-0.2, -0.15) is 0 Å². The predicted octanol–water partition coefficient (Wildman–Crippen LogP) is 2.28. The van der Waals surface area contributed by atoms with E-state index in [0.717, 1.165) is 55.9 Å². The summed E-state index contributed by atoms with van der Waals surface area (Å²) < 4.78 is 0. The topological polar surface area (TPSA) is 63.8 Å². The largest absolute Gasteiger partial charge is 0.351 e. The first-order valence-corrected chi connectivity index (χ1v) is 7.10. The summed E-state index contributed by atoms with van der Waals surface area (Å²) in [6, 6.07) is 2.97. The summed E-state index contributed by atoms with van der Waals surface area (Å²) in [6.45, 7) is 4.26. The predicted molar refractivity (Wildman–Crippen MR) is 74.6 cm³/mol. The number of aromatic nitrogens is 2. The van der Waals surface area contributed by atoms with Crippen LogP contribution >= 0.6 is 0 Å². The van der Waals surface area contributed by atoms with Crippen LogP contribution in [0.5, 0.6) is 0 Å². The van der Waals surface area contributed by atoms with Gasteiger partial charge in [0.15, 0.2) is 0 Å². The van der Waals surface area contributed by atoms with Gasteiger partial charge >= 0.3 is 0 Å². The molecule has 0 atom stereocenters. The van der Waals surface area contributed by atoms with Gasteiger partial charge < -0.3 is 11.1 Å². The Balaban J connectivity index is 2.03. The second kappa shape index (κ2) is 6.14. The fourth-order valence-corrected chi connectivity index (χ4v) is 2.43. The highest BCUT2D eigenvalue weighted by Crippen LogP contribution is 2.20. The van der Waals surface area contributed by atoms with E-state index in [0.29, 0.717) is 12.1 Å². The highest BCUT2D eigenvalue weighted by Gasteiger charge is 2.19. The third-order valence-corrected chi connectivity index (χ3v) is 3.66. The van der Waals surface area contributed by atoms with Crippen LogP contribution in [0.1, 0.15) is 50.9 Å². The van der Waals surface area contributed by atoms with Gasteiger partial charge in [0, 0.05) is 23.5 Å². The zero-order valence-corrected chi connectivity index (χ0v) is 11.4. The van der Waals surface area contributed by atoms with Gasteiger partial charge in [0.2, 0.25) is 5.95 Å². The molecule has 0 aliphatic heterocycles. The van der Waals surface area contributed by atoms with Gasteiger partial charge in [-0.05, 0) is 44.6 Å². The van der Waals surface area contributed by atoms with Crippen LogP contribution in [0.2, 0.25) is 0 Å². The first kappa shape index (κ1) is 13.3. The molecule has 1 fully saturated rings. The molecule has 3 N–H and O–H groups in total. The molecule has 0 spiro atoms. The molecule has 1 heterocycles. The Bertz CT molecular complexity index is 361. The molecule has 0 unspecified atom stereocenters. The lowest BCUT2D eigenvalue weighted by Crippen LogP contribution is -2.33. The maximum Gasteiger partial charge on any atom is 0.223 e. The maximum absolute atomic E-state index is 5.92. The summed E-state index contributed by atoms with van der Waals surface area (Å²) >= 11 is 0. The number of hydrogen-bond acceptors (Lipinski definition) is 4. The molecule has 0 aromatic carbocycles. The zero-order valence-electron chi connectivity index (χ0n) is 11.4. The quantitative estimate of drug-likeness (QED) is 0.858. The molecular formula is C14H24N4. The molecule has 1 saturated carbocycles. The molecule has 0 bridgehead atoms. The van der Waals surface area contributed by atoms with Crippen molar-refractivity contribution < 1.29 is 0 Å². The van der Waals surface area contributed by atoms with Gasteiger partial charge in [-0.25, -0.2) is 9.97 Å². The van der Waals surface area contributed by atoms with Crippen LogP contribution in [0.15, 0.2) is 6.07 Å². The molecule has 18 heavy (non-hydrogen) atoms. The molecule has 1 aliphatic carbocycles. The standard InChI is InChI=1S/C14H24N4/c1-3-11-9-12(4-2)17-14(16-11)18-13-7-5-10(15)6-8-13/h9-10,13H,3-8,15H2,1-2H3,(H,16,17,18). The van der Waals surface area contributed by atoms with E-state index < -0.39 is 0 Å². The third-order valence-electron chi connectivity index (χ3n) is 3.66. The van der Waals surface area contributed by atoms with E-state index in [2.05, 4.69) is 35.2 Å². The normalized spacial score (nSPS) is 23.9. The van der Waals surface area contributed by atoms with Crippen molar-refractivity contribution in [1.82, 2.24) is 9.97 Å². The summed E-state index contributed by atoms with van der Waals surface area (Å²) in [6.07, 6.45) is 6.38. The summed E-state index contributed by atoms with van der Waals surface area (Å²) in [7, 11) is 0. The Morgan fingerprint density at radius 2 is 1.67 bits per heavy atom. The van der Waals surface area contributed by atoms with Crippen molar-refractivity contribution in [3.8, 4) is 0 Å². The van der Waals surface area contributed by atoms with E-state index in [-0.39, 0.29) is 0 Å². The highest BCUT2D eigenvalue weighted by atomic mass is 15.1. The minimum atomic E-state index is 0.386. The average molecular weight is 248 g/mol. The molecule has 0 radical (unpaired) electrons. The van der Waals surface area contributed by atoms with Crippen molar-refractivity contribution in [2.75, 3.05) is 5.32 Å². The molecular weight excluding hydrogens is 224 g/mol. The number of aryl methyl sites for hydroxylation is 2. The van der Waals surface area contributed by atoms with Crippen LogP contribution in [0, 0.1) is 0 Å². The smallest absolute Gasteiger partial charge is 0.223 e. The summed E-state index contributed by atoms with van der Waals surface area (Å²) in [4.78, 5) is 9.12. The molecule has 2 rings (SSSR count). The zero-order chi connectivity index (χ0) is 13.0. The van der Waals surface area contributed by atoms with Crippen LogP contribution in [0.25, 0.3) is 0 Å². The molecule has 100 valence electrons. The highest BCUT2D eigenvalue weighted by molar-refractivity contribution is 5.30. The van der Waals surface area contributed by atoms with Gasteiger partial charge in [-0.15, -0.1) is 0 Å². The van der Waals surface area contributed by atoms with E-state index in [4.69, 9.17) is 5.73 Å². The van der Waals surface area contributed by atoms with E-state index in [1.165, 1.54) is 0 Å². The number of anilines is 1. The van der Waals surface area contributed by atoms with Gasteiger partial charge in [0.25, 0.3) is 0 Å². The van der Waals surface area contributed by atoms with Gasteiger partial charge in [0.1, 0.15) is 0 Å². The Hall–Kier alpha value is -1.16. The Morgan fingerprint density at radius 3 is 2.17 bits per heavy atom. The first-order valence-electron chi connectivity index (χ1n) is 7.10. The fourth-order valence-electron chi connectivity index (χ4n) is 2.43. The summed E-state index contributed by atoms with van der Waals surface area (Å²) in [5, 5.41) is 3.47. The number of hydrogen-bond donors (Lipinski definition) is 2. The second-order valence-electron chi connectivity index (χ2n) is 5.14. The monoisotopic (exact) mass is 248 g/mol. The van der Waals surface area contributed by atoms with Crippen molar-refractivity contribution >= 4 is 5.95 Å². The van der Waals surface area contributed by atoms with Gasteiger partial charge in [0.05, 0.1) is 0 Å². The van der Waals surface area contributed by atoms with Crippen LogP contribution < -0.4 is 11.1 Å². The molecule has 0 saturated heterocycles. The second-order valence-corrected chi connectivity index (χ2v) is 5.14. The van der Waals surface area contributed by atoms with Crippen molar-refractivity contribution in [2.45, 2.75) is 64.5 Å². The minimum Gasteiger partial charge on any atom is -0.351 e. The first-order chi connectivity index (χ1) is 8.71. The molecule has 4 nitrogen and oxygen atoms in total. The van der Waals surface area contributed by atoms with E-state index >= 15 is 0 Å². The van der Waals surface area contributed by atoms with Gasteiger partial charge in [-0.1, -0.05) is 13.8 Å². The van der Waals surface area contributed by atoms with Crippen LogP contribution in [0.4, 0.5) is 5.95 Å². The fraction of sp³-hybridized carbons (Fsp3) is 0.714.